The molecule has 16 heavy (non-hydrogen) atoms. The minimum Gasteiger partial charge on any atom is -0.346 e. The average molecular weight is 220 g/mol. The molecule has 5 nitrogen and oxygen atoms in total. The maximum atomic E-state index is 11.8. The third kappa shape index (κ3) is 1.81. The second-order valence-electron chi connectivity index (χ2n) is 4.80. The number of aromatic amines is 1. The van der Waals surface area contributed by atoms with Gasteiger partial charge in [0.15, 0.2) is 0 Å². The molecule has 0 aromatic carbocycles. The maximum Gasteiger partial charge on any atom is 0.291 e. The van der Waals surface area contributed by atoms with E-state index >= 15 is 0 Å². The van der Waals surface area contributed by atoms with Gasteiger partial charge in [0.2, 0.25) is 5.82 Å². The Morgan fingerprint density at radius 1 is 1.56 bits per heavy atom. The van der Waals surface area contributed by atoms with Crippen molar-refractivity contribution in [2.24, 2.45) is 5.92 Å². The number of nitrogens with zero attached hydrogens (tertiary/aromatic N) is 2. The van der Waals surface area contributed by atoms with Crippen molar-refractivity contribution in [3.8, 4) is 0 Å². The highest BCUT2D eigenvalue weighted by Crippen LogP contribution is 2.37. The van der Waals surface area contributed by atoms with Crippen molar-refractivity contribution in [3.63, 3.8) is 0 Å². The molecule has 0 spiro atoms. The highest BCUT2D eigenvalue weighted by atomic mass is 16.2. The van der Waals surface area contributed by atoms with Crippen molar-refractivity contribution in [2.75, 3.05) is 0 Å². The smallest absolute Gasteiger partial charge is 0.291 e. The predicted molar refractivity (Wildman–Crippen MR) is 58.0 cm³/mol. The lowest BCUT2D eigenvalue weighted by molar-refractivity contribution is 0.0939. The van der Waals surface area contributed by atoms with E-state index in [0.29, 0.717) is 23.7 Å². The van der Waals surface area contributed by atoms with Crippen molar-refractivity contribution in [1.29, 1.82) is 0 Å². The van der Waals surface area contributed by atoms with Crippen molar-refractivity contribution in [1.82, 2.24) is 20.5 Å². The van der Waals surface area contributed by atoms with Crippen LogP contribution in [0.2, 0.25) is 0 Å². The summed E-state index contributed by atoms with van der Waals surface area (Å²) >= 11 is 0. The molecule has 86 valence electrons. The Bertz CT molecular complexity index is 410. The van der Waals surface area contributed by atoms with Crippen LogP contribution in [0.15, 0.2) is 0 Å². The van der Waals surface area contributed by atoms with Gasteiger partial charge < -0.3 is 5.32 Å². The molecular weight excluding hydrogens is 204 g/mol. The second-order valence-corrected chi connectivity index (χ2v) is 4.80. The largest absolute Gasteiger partial charge is 0.346 e. The summed E-state index contributed by atoms with van der Waals surface area (Å²) in [6.07, 6.45) is 4.56. The fourth-order valence-corrected chi connectivity index (χ4v) is 2.02. The number of hydrogen-bond donors (Lipinski definition) is 2. The van der Waals surface area contributed by atoms with Crippen LogP contribution < -0.4 is 5.32 Å². The van der Waals surface area contributed by atoms with Crippen LogP contribution in [0.3, 0.4) is 0 Å². The zero-order chi connectivity index (χ0) is 11.1. The molecule has 0 saturated heterocycles. The minimum atomic E-state index is -0.135. The van der Waals surface area contributed by atoms with E-state index in [1.54, 1.807) is 0 Å². The van der Waals surface area contributed by atoms with Crippen LogP contribution in [0.1, 0.15) is 55.0 Å². The van der Waals surface area contributed by atoms with Crippen LogP contribution in [-0.2, 0) is 0 Å². The van der Waals surface area contributed by atoms with Gasteiger partial charge in [-0.25, -0.2) is 4.98 Å². The fraction of sp³-hybridized carbons (Fsp3) is 0.727. The van der Waals surface area contributed by atoms with Gasteiger partial charge in [-0.2, -0.15) is 0 Å². The van der Waals surface area contributed by atoms with Gasteiger partial charge in [0, 0.05) is 12.0 Å². The van der Waals surface area contributed by atoms with E-state index in [2.05, 4.69) is 27.4 Å². The third-order valence-corrected chi connectivity index (χ3v) is 3.43. The summed E-state index contributed by atoms with van der Waals surface area (Å²) in [6, 6.07) is 0.348. The van der Waals surface area contributed by atoms with Crippen LogP contribution in [-0.4, -0.2) is 27.1 Å². The number of aromatic nitrogens is 3. The number of carbonyl (C=O) groups excluding carboxylic acids is 1. The summed E-state index contributed by atoms with van der Waals surface area (Å²) in [5.74, 6) is 2.20. The van der Waals surface area contributed by atoms with Crippen LogP contribution in [0, 0.1) is 5.92 Å². The molecular formula is C11H16N4O. The molecule has 2 fully saturated rings. The summed E-state index contributed by atoms with van der Waals surface area (Å²) in [7, 11) is 0. The van der Waals surface area contributed by atoms with Gasteiger partial charge >= 0.3 is 0 Å². The summed E-state index contributed by atoms with van der Waals surface area (Å²) in [5.41, 5.74) is 0. The normalized spacial score (nSPS) is 27.8. The Balaban J connectivity index is 1.60. The second kappa shape index (κ2) is 3.57. The molecule has 0 aliphatic heterocycles. The number of amides is 1. The maximum absolute atomic E-state index is 11.8. The lowest BCUT2D eigenvalue weighted by atomic mass is 10.3. The molecule has 2 saturated carbocycles. The van der Waals surface area contributed by atoms with Gasteiger partial charge in [0.05, 0.1) is 0 Å². The van der Waals surface area contributed by atoms with Gasteiger partial charge in [0.1, 0.15) is 5.82 Å². The Kier molecular flexibility index (Phi) is 2.19. The van der Waals surface area contributed by atoms with Crippen LogP contribution in [0.25, 0.3) is 0 Å². The van der Waals surface area contributed by atoms with Gasteiger partial charge in [-0.3, -0.25) is 9.89 Å². The first-order valence-electron chi connectivity index (χ1n) is 6.01. The van der Waals surface area contributed by atoms with E-state index in [0.717, 1.165) is 31.5 Å². The topological polar surface area (TPSA) is 70.7 Å². The van der Waals surface area contributed by atoms with Crippen LogP contribution >= 0.6 is 0 Å². The Morgan fingerprint density at radius 2 is 2.38 bits per heavy atom. The van der Waals surface area contributed by atoms with E-state index in [1.807, 2.05) is 0 Å². The SMILES string of the molecule is CCC1CC1NC(=O)c1n[nH]c(C2CC2)n1. The van der Waals surface area contributed by atoms with E-state index in [-0.39, 0.29) is 5.91 Å². The zero-order valence-electron chi connectivity index (χ0n) is 9.36. The molecule has 1 aromatic heterocycles. The third-order valence-electron chi connectivity index (χ3n) is 3.43. The Hall–Kier alpha value is -1.39. The molecule has 2 aliphatic carbocycles. The van der Waals surface area contributed by atoms with Crippen LogP contribution in [0.5, 0.6) is 0 Å². The van der Waals surface area contributed by atoms with Crippen LogP contribution in [0.4, 0.5) is 0 Å². The molecule has 0 radical (unpaired) electrons. The Labute approximate surface area is 94.0 Å². The number of nitrogens with one attached hydrogen (secondary N) is 2. The molecule has 1 amide bonds. The van der Waals surface area contributed by atoms with Crippen molar-refractivity contribution in [2.45, 2.75) is 44.6 Å². The highest BCUT2D eigenvalue weighted by molar-refractivity contribution is 5.90. The van der Waals surface area contributed by atoms with Gasteiger partial charge in [-0.05, 0) is 25.2 Å². The summed E-state index contributed by atoms with van der Waals surface area (Å²) in [5, 5.41) is 9.77. The molecule has 1 heterocycles. The number of hydrogen-bond acceptors (Lipinski definition) is 3. The minimum absolute atomic E-state index is 0.135. The molecule has 1 aromatic rings. The van der Waals surface area contributed by atoms with Crippen molar-refractivity contribution < 1.29 is 4.79 Å². The van der Waals surface area contributed by atoms with E-state index < -0.39 is 0 Å². The fourth-order valence-electron chi connectivity index (χ4n) is 2.02. The van der Waals surface area contributed by atoms with E-state index in [9.17, 15) is 4.79 Å². The summed E-state index contributed by atoms with van der Waals surface area (Å²) in [6.45, 7) is 2.15. The van der Waals surface area contributed by atoms with Gasteiger partial charge in [-0.1, -0.05) is 13.3 Å². The van der Waals surface area contributed by atoms with Gasteiger partial charge in [-0.15, -0.1) is 5.10 Å². The monoisotopic (exact) mass is 220 g/mol. The van der Waals surface area contributed by atoms with E-state index in [4.69, 9.17) is 0 Å². The first-order valence-corrected chi connectivity index (χ1v) is 6.01. The Morgan fingerprint density at radius 3 is 3.00 bits per heavy atom. The molecule has 2 N–H and O–H groups in total. The number of H-pyrrole nitrogens is 1. The summed E-state index contributed by atoms with van der Waals surface area (Å²) < 4.78 is 0. The number of carbonyl (C=O) groups is 1. The summed E-state index contributed by atoms with van der Waals surface area (Å²) in [4.78, 5) is 16.0. The van der Waals surface area contributed by atoms with E-state index in [1.165, 1.54) is 0 Å². The lowest BCUT2D eigenvalue weighted by Gasteiger charge is -1.99. The molecule has 5 heteroatoms. The predicted octanol–water partition coefficient (Wildman–Crippen LogP) is 1.21. The first-order chi connectivity index (χ1) is 7.78. The molecule has 2 aliphatic rings. The highest BCUT2D eigenvalue weighted by Gasteiger charge is 2.37. The number of rotatable bonds is 4. The average Bonchev–Trinajstić information content (AvgIpc) is 3.20. The van der Waals surface area contributed by atoms with Crippen molar-refractivity contribution in [3.05, 3.63) is 11.6 Å². The quantitative estimate of drug-likeness (QED) is 0.801. The first kappa shape index (κ1) is 9.81. The van der Waals surface area contributed by atoms with Gasteiger partial charge in [0.25, 0.3) is 5.91 Å². The molecule has 2 unspecified atom stereocenters. The molecule has 2 atom stereocenters. The molecule has 3 rings (SSSR count). The lowest BCUT2D eigenvalue weighted by Crippen LogP contribution is -2.27. The zero-order valence-corrected chi connectivity index (χ0v) is 9.36. The molecule has 0 bridgehead atoms. The van der Waals surface area contributed by atoms with Crippen molar-refractivity contribution >= 4 is 5.91 Å². The standard InChI is InChI=1S/C11H16N4O/c1-2-6-5-8(6)12-11(16)10-13-9(14-15-10)7-3-4-7/h6-8H,2-5H2,1H3,(H,12,16)(H,13,14,15).